The largest absolute Gasteiger partial charge is 0.378 e. The van der Waals surface area contributed by atoms with Gasteiger partial charge in [-0.15, -0.1) is 0 Å². The van der Waals surface area contributed by atoms with Gasteiger partial charge < -0.3 is 10.5 Å². The SMILES string of the molecule is CCC1COCCN1CCc1ccccc1CN. The Hall–Kier alpha value is -0.900. The van der Waals surface area contributed by atoms with Crippen molar-refractivity contribution in [2.45, 2.75) is 32.4 Å². The van der Waals surface area contributed by atoms with Crippen LogP contribution in [0.15, 0.2) is 24.3 Å². The van der Waals surface area contributed by atoms with Gasteiger partial charge in [-0.3, -0.25) is 4.90 Å². The van der Waals surface area contributed by atoms with Crippen LogP contribution in [0.1, 0.15) is 24.5 Å². The molecule has 2 N–H and O–H groups in total. The van der Waals surface area contributed by atoms with Gasteiger partial charge in [0.25, 0.3) is 0 Å². The van der Waals surface area contributed by atoms with E-state index in [0.29, 0.717) is 12.6 Å². The summed E-state index contributed by atoms with van der Waals surface area (Å²) in [6.45, 7) is 6.79. The molecule has 18 heavy (non-hydrogen) atoms. The second kappa shape index (κ2) is 6.88. The number of benzene rings is 1. The molecule has 1 aliphatic rings. The van der Waals surface area contributed by atoms with E-state index in [1.54, 1.807) is 0 Å². The molecule has 1 unspecified atom stereocenters. The smallest absolute Gasteiger partial charge is 0.0622 e. The van der Waals surface area contributed by atoms with E-state index in [4.69, 9.17) is 10.5 Å². The lowest BCUT2D eigenvalue weighted by atomic mass is 10.0. The van der Waals surface area contributed by atoms with E-state index in [9.17, 15) is 0 Å². The van der Waals surface area contributed by atoms with Crippen LogP contribution in [0.5, 0.6) is 0 Å². The Morgan fingerprint density at radius 1 is 1.33 bits per heavy atom. The lowest BCUT2D eigenvalue weighted by Gasteiger charge is -2.35. The minimum atomic E-state index is 0.587. The summed E-state index contributed by atoms with van der Waals surface area (Å²) in [5.74, 6) is 0. The summed E-state index contributed by atoms with van der Waals surface area (Å²) < 4.78 is 5.54. The Labute approximate surface area is 110 Å². The molecule has 0 aromatic heterocycles. The number of ether oxygens (including phenoxy) is 1. The number of hydrogen-bond donors (Lipinski definition) is 1. The summed E-state index contributed by atoms with van der Waals surface area (Å²) in [6, 6.07) is 9.08. The molecule has 0 bridgehead atoms. The van der Waals surface area contributed by atoms with E-state index in [-0.39, 0.29) is 0 Å². The van der Waals surface area contributed by atoms with Crippen molar-refractivity contribution >= 4 is 0 Å². The summed E-state index contributed by atoms with van der Waals surface area (Å²) in [5.41, 5.74) is 8.45. The summed E-state index contributed by atoms with van der Waals surface area (Å²) in [6.07, 6.45) is 2.25. The van der Waals surface area contributed by atoms with Crippen LogP contribution >= 0.6 is 0 Å². The maximum Gasteiger partial charge on any atom is 0.0622 e. The Bertz CT molecular complexity index is 367. The molecule has 1 aromatic carbocycles. The Morgan fingerprint density at radius 2 is 2.11 bits per heavy atom. The van der Waals surface area contributed by atoms with E-state index in [1.807, 2.05) is 0 Å². The highest BCUT2D eigenvalue weighted by molar-refractivity contribution is 5.27. The van der Waals surface area contributed by atoms with Gasteiger partial charge >= 0.3 is 0 Å². The predicted molar refractivity (Wildman–Crippen MR) is 74.5 cm³/mol. The number of morpholine rings is 1. The number of rotatable bonds is 5. The van der Waals surface area contributed by atoms with Crippen molar-refractivity contribution in [2.75, 3.05) is 26.3 Å². The second-order valence-electron chi connectivity index (χ2n) is 4.90. The third kappa shape index (κ3) is 3.31. The van der Waals surface area contributed by atoms with Crippen molar-refractivity contribution < 1.29 is 4.74 Å². The molecule has 1 fully saturated rings. The van der Waals surface area contributed by atoms with Crippen molar-refractivity contribution in [1.82, 2.24) is 4.90 Å². The lowest BCUT2D eigenvalue weighted by molar-refractivity contribution is -0.00794. The summed E-state index contributed by atoms with van der Waals surface area (Å²) >= 11 is 0. The molecular weight excluding hydrogens is 224 g/mol. The van der Waals surface area contributed by atoms with Gasteiger partial charge in [0.15, 0.2) is 0 Å². The maximum absolute atomic E-state index is 5.78. The van der Waals surface area contributed by atoms with Crippen molar-refractivity contribution in [3.05, 3.63) is 35.4 Å². The van der Waals surface area contributed by atoms with Gasteiger partial charge in [-0.1, -0.05) is 31.2 Å². The Morgan fingerprint density at radius 3 is 2.83 bits per heavy atom. The van der Waals surface area contributed by atoms with E-state index in [0.717, 1.165) is 32.7 Å². The van der Waals surface area contributed by atoms with Crippen molar-refractivity contribution in [3.8, 4) is 0 Å². The van der Waals surface area contributed by atoms with Crippen LogP contribution in [0.3, 0.4) is 0 Å². The average molecular weight is 248 g/mol. The van der Waals surface area contributed by atoms with Gasteiger partial charge in [-0.05, 0) is 24.0 Å². The van der Waals surface area contributed by atoms with Crippen LogP contribution in [0.2, 0.25) is 0 Å². The molecule has 1 saturated heterocycles. The van der Waals surface area contributed by atoms with Crippen LogP contribution in [-0.2, 0) is 17.7 Å². The fraction of sp³-hybridized carbons (Fsp3) is 0.600. The van der Waals surface area contributed by atoms with E-state index < -0.39 is 0 Å². The van der Waals surface area contributed by atoms with Gasteiger partial charge in [0.1, 0.15) is 0 Å². The van der Waals surface area contributed by atoms with Gasteiger partial charge in [0.05, 0.1) is 13.2 Å². The highest BCUT2D eigenvalue weighted by atomic mass is 16.5. The molecule has 0 amide bonds. The van der Waals surface area contributed by atoms with Crippen molar-refractivity contribution in [2.24, 2.45) is 5.73 Å². The summed E-state index contributed by atoms with van der Waals surface area (Å²) in [5, 5.41) is 0. The zero-order chi connectivity index (χ0) is 12.8. The summed E-state index contributed by atoms with van der Waals surface area (Å²) in [4.78, 5) is 2.55. The zero-order valence-corrected chi connectivity index (χ0v) is 11.3. The quantitative estimate of drug-likeness (QED) is 0.863. The first-order valence-electron chi connectivity index (χ1n) is 6.93. The van der Waals surface area contributed by atoms with Gasteiger partial charge in [0.2, 0.25) is 0 Å². The van der Waals surface area contributed by atoms with E-state index in [1.165, 1.54) is 17.5 Å². The van der Waals surface area contributed by atoms with Crippen LogP contribution in [0.25, 0.3) is 0 Å². The zero-order valence-electron chi connectivity index (χ0n) is 11.3. The standard InChI is InChI=1S/C15H24N2O/c1-2-15-12-18-10-9-17(15)8-7-13-5-3-4-6-14(13)11-16/h3-6,15H,2,7-12,16H2,1H3. The topological polar surface area (TPSA) is 38.5 Å². The molecule has 1 atom stereocenters. The molecule has 3 heteroatoms. The minimum Gasteiger partial charge on any atom is -0.378 e. The van der Waals surface area contributed by atoms with Gasteiger partial charge in [-0.25, -0.2) is 0 Å². The molecule has 1 aliphatic heterocycles. The van der Waals surface area contributed by atoms with E-state index >= 15 is 0 Å². The highest BCUT2D eigenvalue weighted by Gasteiger charge is 2.20. The Kier molecular flexibility index (Phi) is 5.17. The molecule has 0 saturated carbocycles. The second-order valence-corrected chi connectivity index (χ2v) is 4.90. The van der Waals surface area contributed by atoms with Gasteiger partial charge in [0, 0.05) is 25.7 Å². The molecule has 0 aliphatic carbocycles. The van der Waals surface area contributed by atoms with Crippen LogP contribution in [0.4, 0.5) is 0 Å². The first-order valence-corrected chi connectivity index (χ1v) is 6.93. The molecule has 3 nitrogen and oxygen atoms in total. The predicted octanol–water partition coefficient (Wildman–Crippen LogP) is 1.80. The highest BCUT2D eigenvalue weighted by Crippen LogP contribution is 2.14. The third-order valence-corrected chi connectivity index (χ3v) is 3.83. The number of nitrogens with zero attached hydrogens (tertiary/aromatic N) is 1. The lowest BCUT2D eigenvalue weighted by Crippen LogP contribution is -2.45. The third-order valence-electron chi connectivity index (χ3n) is 3.83. The van der Waals surface area contributed by atoms with E-state index in [2.05, 4.69) is 36.1 Å². The normalized spacial score (nSPS) is 21.1. The van der Waals surface area contributed by atoms with Crippen molar-refractivity contribution in [3.63, 3.8) is 0 Å². The van der Waals surface area contributed by atoms with Crippen LogP contribution < -0.4 is 5.73 Å². The average Bonchev–Trinajstić information content (AvgIpc) is 2.45. The monoisotopic (exact) mass is 248 g/mol. The molecule has 1 aromatic rings. The first-order chi connectivity index (χ1) is 8.85. The van der Waals surface area contributed by atoms with Gasteiger partial charge in [-0.2, -0.15) is 0 Å². The minimum absolute atomic E-state index is 0.587. The summed E-state index contributed by atoms with van der Waals surface area (Å²) in [7, 11) is 0. The fourth-order valence-corrected chi connectivity index (χ4v) is 2.62. The molecule has 100 valence electrons. The molecule has 2 rings (SSSR count). The van der Waals surface area contributed by atoms with Crippen molar-refractivity contribution in [1.29, 1.82) is 0 Å². The molecule has 0 radical (unpaired) electrons. The first kappa shape index (κ1) is 13.5. The number of hydrogen-bond acceptors (Lipinski definition) is 3. The Balaban J connectivity index is 1.93. The fourth-order valence-electron chi connectivity index (χ4n) is 2.62. The van der Waals surface area contributed by atoms with Crippen LogP contribution in [0, 0.1) is 0 Å². The maximum atomic E-state index is 5.78. The number of nitrogens with two attached hydrogens (primary N) is 1. The molecular formula is C15H24N2O. The molecule has 0 spiro atoms. The van der Waals surface area contributed by atoms with Crippen LogP contribution in [-0.4, -0.2) is 37.2 Å². The molecule has 1 heterocycles.